The molecule has 0 aliphatic carbocycles. The molecule has 0 atom stereocenters. The van der Waals surface area contributed by atoms with Gasteiger partial charge in [0.25, 0.3) is 0 Å². The molecule has 78 valence electrons. The van der Waals surface area contributed by atoms with E-state index in [9.17, 15) is 0 Å². The van der Waals surface area contributed by atoms with Crippen molar-refractivity contribution in [2.75, 3.05) is 18.0 Å². The number of aromatic nitrogens is 2. The molecule has 2 rings (SSSR count). The van der Waals surface area contributed by atoms with Crippen molar-refractivity contribution in [3.8, 4) is 0 Å². The minimum absolute atomic E-state index is 0.509. The zero-order valence-electron chi connectivity index (χ0n) is 9.11. The molecule has 1 aromatic rings. The molecule has 0 N–H and O–H groups in total. The molecule has 1 fully saturated rings. The van der Waals surface area contributed by atoms with Crippen LogP contribution in [0.3, 0.4) is 0 Å². The van der Waals surface area contributed by atoms with Gasteiger partial charge in [-0.05, 0) is 33.1 Å². The molecule has 14 heavy (non-hydrogen) atoms. The van der Waals surface area contributed by atoms with Crippen LogP contribution in [-0.2, 0) is 0 Å². The number of piperidine rings is 1. The van der Waals surface area contributed by atoms with Crippen molar-refractivity contribution in [1.82, 2.24) is 9.55 Å². The van der Waals surface area contributed by atoms with E-state index in [-0.39, 0.29) is 0 Å². The molecule has 3 nitrogen and oxygen atoms in total. The van der Waals surface area contributed by atoms with Crippen molar-refractivity contribution in [3.05, 3.63) is 12.4 Å². The van der Waals surface area contributed by atoms with E-state index in [1.54, 1.807) is 0 Å². The normalized spacial score (nSPS) is 17.8. The van der Waals surface area contributed by atoms with Crippen LogP contribution in [0.5, 0.6) is 0 Å². The van der Waals surface area contributed by atoms with Crippen molar-refractivity contribution < 1.29 is 0 Å². The smallest absolute Gasteiger partial charge is 0.205 e. The van der Waals surface area contributed by atoms with Crippen molar-refractivity contribution in [2.45, 2.75) is 39.2 Å². The van der Waals surface area contributed by atoms with Gasteiger partial charge in [-0.3, -0.25) is 0 Å². The number of anilines is 1. The van der Waals surface area contributed by atoms with E-state index in [0.717, 1.165) is 5.95 Å². The van der Waals surface area contributed by atoms with Gasteiger partial charge in [-0.1, -0.05) is 0 Å². The molecule has 2 heterocycles. The Labute approximate surface area is 85.7 Å². The average molecular weight is 193 g/mol. The van der Waals surface area contributed by atoms with Crippen molar-refractivity contribution in [2.24, 2.45) is 0 Å². The largest absolute Gasteiger partial charge is 0.342 e. The first-order chi connectivity index (χ1) is 6.79. The number of nitrogens with zero attached hydrogens (tertiary/aromatic N) is 3. The molecular weight excluding hydrogens is 174 g/mol. The van der Waals surface area contributed by atoms with E-state index in [4.69, 9.17) is 0 Å². The molecule has 3 heteroatoms. The Bertz CT molecular complexity index is 284. The molecule has 0 aromatic carbocycles. The Balaban J connectivity index is 2.17. The first-order valence-corrected chi connectivity index (χ1v) is 5.57. The van der Waals surface area contributed by atoms with Gasteiger partial charge in [-0.2, -0.15) is 0 Å². The minimum atomic E-state index is 0.509. The van der Waals surface area contributed by atoms with E-state index in [1.807, 2.05) is 6.20 Å². The summed E-state index contributed by atoms with van der Waals surface area (Å²) in [5.41, 5.74) is 0. The lowest BCUT2D eigenvalue weighted by molar-refractivity contribution is 0.533. The zero-order valence-corrected chi connectivity index (χ0v) is 9.11. The molecular formula is C11H19N3. The fraction of sp³-hybridized carbons (Fsp3) is 0.727. The maximum atomic E-state index is 4.45. The molecule has 0 saturated carbocycles. The maximum absolute atomic E-state index is 4.45. The van der Waals surface area contributed by atoms with Crippen LogP contribution in [0.2, 0.25) is 0 Å². The van der Waals surface area contributed by atoms with E-state index >= 15 is 0 Å². The SMILES string of the molecule is CC(C)n1ccnc1N1CCCCC1. The van der Waals surface area contributed by atoms with Crippen LogP contribution < -0.4 is 4.90 Å². The van der Waals surface area contributed by atoms with Crippen LogP contribution in [0.15, 0.2) is 12.4 Å². The highest BCUT2D eigenvalue weighted by atomic mass is 15.3. The maximum Gasteiger partial charge on any atom is 0.205 e. The van der Waals surface area contributed by atoms with E-state index in [0.29, 0.717) is 6.04 Å². The Kier molecular flexibility index (Phi) is 2.75. The number of rotatable bonds is 2. The van der Waals surface area contributed by atoms with Gasteiger partial charge < -0.3 is 9.47 Å². The highest BCUT2D eigenvalue weighted by molar-refractivity contribution is 5.32. The molecule has 0 amide bonds. The van der Waals surface area contributed by atoms with Crippen molar-refractivity contribution in [1.29, 1.82) is 0 Å². The van der Waals surface area contributed by atoms with E-state index < -0.39 is 0 Å². The molecule has 1 aliphatic heterocycles. The second kappa shape index (κ2) is 4.03. The molecule has 0 spiro atoms. The Morgan fingerprint density at radius 2 is 1.93 bits per heavy atom. The molecule has 0 unspecified atom stereocenters. The minimum Gasteiger partial charge on any atom is -0.342 e. The van der Waals surface area contributed by atoms with Gasteiger partial charge in [0.15, 0.2) is 0 Å². The fourth-order valence-corrected chi connectivity index (χ4v) is 2.05. The molecule has 1 aliphatic rings. The summed E-state index contributed by atoms with van der Waals surface area (Å²) < 4.78 is 2.26. The van der Waals surface area contributed by atoms with Gasteiger partial charge in [-0.25, -0.2) is 4.98 Å². The third-order valence-corrected chi connectivity index (χ3v) is 2.84. The van der Waals surface area contributed by atoms with E-state index in [2.05, 4.69) is 34.5 Å². The van der Waals surface area contributed by atoms with Crippen LogP contribution >= 0.6 is 0 Å². The van der Waals surface area contributed by atoms with Gasteiger partial charge in [0.2, 0.25) is 5.95 Å². The quantitative estimate of drug-likeness (QED) is 0.719. The summed E-state index contributed by atoms with van der Waals surface area (Å²) in [6.07, 6.45) is 7.98. The highest BCUT2D eigenvalue weighted by Gasteiger charge is 2.16. The lowest BCUT2D eigenvalue weighted by Gasteiger charge is -2.29. The molecule has 0 radical (unpaired) electrons. The summed E-state index contributed by atoms with van der Waals surface area (Å²) in [5.74, 6) is 1.15. The summed E-state index contributed by atoms with van der Waals surface area (Å²) in [6.45, 7) is 6.75. The number of hydrogen-bond donors (Lipinski definition) is 0. The first-order valence-electron chi connectivity index (χ1n) is 5.57. The summed E-state index contributed by atoms with van der Waals surface area (Å²) >= 11 is 0. The Morgan fingerprint density at radius 1 is 1.21 bits per heavy atom. The van der Waals surface area contributed by atoms with Crippen molar-refractivity contribution >= 4 is 5.95 Å². The Hall–Kier alpha value is -0.990. The second-order valence-electron chi connectivity index (χ2n) is 4.28. The van der Waals surface area contributed by atoms with Crippen LogP contribution in [0, 0.1) is 0 Å². The third kappa shape index (κ3) is 1.76. The van der Waals surface area contributed by atoms with Gasteiger partial charge in [-0.15, -0.1) is 0 Å². The first kappa shape index (κ1) is 9.56. The highest BCUT2D eigenvalue weighted by Crippen LogP contribution is 2.20. The van der Waals surface area contributed by atoms with Crippen LogP contribution in [0.4, 0.5) is 5.95 Å². The summed E-state index contributed by atoms with van der Waals surface area (Å²) in [7, 11) is 0. The summed E-state index contributed by atoms with van der Waals surface area (Å²) in [4.78, 5) is 6.86. The van der Waals surface area contributed by atoms with Gasteiger partial charge >= 0.3 is 0 Å². The van der Waals surface area contributed by atoms with Gasteiger partial charge in [0.1, 0.15) is 0 Å². The number of hydrogen-bond acceptors (Lipinski definition) is 2. The Morgan fingerprint density at radius 3 is 2.57 bits per heavy atom. The standard InChI is InChI=1S/C11H19N3/c1-10(2)14-9-6-12-11(14)13-7-4-3-5-8-13/h6,9-10H,3-5,7-8H2,1-2H3. The number of imidazole rings is 1. The zero-order chi connectivity index (χ0) is 9.97. The van der Waals surface area contributed by atoms with Crippen LogP contribution in [0.25, 0.3) is 0 Å². The molecule has 1 aromatic heterocycles. The lowest BCUT2D eigenvalue weighted by Crippen LogP contribution is -2.32. The lowest BCUT2D eigenvalue weighted by atomic mass is 10.1. The third-order valence-electron chi connectivity index (χ3n) is 2.84. The van der Waals surface area contributed by atoms with Gasteiger partial charge in [0.05, 0.1) is 0 Å². The predicted octanol–water partition coefficient (Wildman–Crippen LogP) is 2.45. The van der Waals surface area contributed by atoms with Crippen LogP contribution in [-0.4, -0.2) is 22.6 Å². The monoisotopic (exact) mass is 193 g/mol. The fourth-order valence-electron chi connectivity index (χ4n) is 2.05. The summed E-state index contributed by atoms with van der Waals surface area (Å²) in [6, 6.07) is 0.509. The van der Waals surface area contributed by atoms with Crippen LogP contribution in [0.1, 0.15) is 39.2 Å². The predicted molar refractivity (Wildman–Crippen MR) is 58.7 cm³/mol. The topological polar surface area (TPSA) is 21.1 Å². The summed E-state index contributed by atoms with van der Waals surface area (Å²) in [5, 5.41) is 0. The van der Waals surface area contributed by atoms with Gasteiger partial charge in [0, 0.05) is 31.5 Å². The van der Waals surface area contributed by atoms with Crippen molar-refractivity contribution in [3.63, 3.8) is 0 Å². The molecule has 1 saturated heterocycles. The average Bonchev–Trinajstić information content (AvgIpc) is 2.67. The molecule has 0 bridgehead atoms. The van der Waals surface area contributed by atoms with E-state index in [1.165, 1.54) is 32.4 Å². The second-order valence-corrected chi connectivity index (χ2v) is 4.28.